The minimum Gasteiger partial charge on any atom is -0.458 e. The molecule has 0 amide bonds. The second-order valence-corrected chi connectivity index (χ2v) is 11.5. The SMILES string of the molecule is CC(=O)C1C=CC=CC1.CCCNC.Cc1oc(C=O)cc1C1=C(c2cc(-c3ccc(C=O)cc3)sc2C)CCC1. The van der Waals surface area contributed by atoms with Crippen molar-refractivity contribution in [2.45, 2.75) is 59.8 Å². The molecule has 2 aromatic heterocycles. The van der Waals surface area contributed by atoms with Gasteiger partial charge < -0.3 is 9.73 Å². The fourth-order valence-electron chi connectivity index (χ4n) is 4.98. The topological polar surface area (TPSA) is 76.4 Å². The lowest BCUT2D eigenvalue weighted by Gasteiger charge is -2.06. The largest absolute Gasteiger partial charge is 0.458 e. The smallest absolute Gasteiger partial charge is 0.185 e. The third kappa shape index (κ3) is 8.69. The Balaban J connectivity index is 0.000000273. The maximum absolute atomic E-state index is 11.1. The Morgan fingerprint density at radius 1 is 1.02 bits per heavy atom. The Labute approximate surface area is 248 Å². The number of aryl methyl sites for hydroxylation is 2. The minimum atomic E-state index is 0.148. The normalized spacial score (nSPS) is 15.6. The Morgan fingerprint density at radius 3 is 2.22 bits per heavy atom. The van der Waals surface area contributed by atoms with Gasteiger partial charge in [0, 0.05) is 26.8 Å². The third-order valence-electron chi connectivity index (χ3n) is 7.17. The van der Waals surface area contributed by atoms with E-state index in [2.05, 4.69) is 25.2 Å². The van der Waals surface area contributed by atoms with Crippen molar-refractivity contribution in [3.05, 3.63) is 93.8 Å². The van der Waals surface area contributed by atoms with E-state index < -0.39 is 0 Å². The number of furan rings is 1. The summed E-state index contributed by atoms with van der Waals surface area (Å²) in [6.07, 6.45) is 14.8. The molecule has 0 spiro atoms. The van der Waals surface area contributed by atoms with Gasteiger partial charge in [0.1, 0.15) is 17.8 Å². The lowest BCUT2D eigenvalue weighted by atomic mass is 9.97. The molecule has 1 unspecified atom stereocenters. The molecule has 0 fully saturated rings. The van der Waals surface area contributed by atoms with E-state index in [1.165, 1.54) is 32.9 Å². The van der Waals surface area contributed by atoms with E-state index in [9.17, 15) is 14.4 Å². The summed E-state index contributed by atoms with van der Waals surface area (Å²) in [7, 11) is 1.96. The van der Waals surface area contributed by atoms with Crippen molar-refractivity contribution in [2.24, 2.45) is 5.92 Å². The van der Waals surface area contributed by atoms with Gasteiger partial charge in [-0.2, -0.15) is 0 Å². The number of hydrogen-bond donors (Lipinski definition) is 1. The number of ketones is 1. The molecule has 0 radical (unpaired) electrons. The van der Waals surface area contributed by atoms with E-state index >= 15 is 0 Å². The molecule has 0 saturated carbocycles. The van der Waals surface area contributed by atoms with E-state index in [1.807, 2.05) is 68.6 Å². The van der Waals surface area contributed by atoms with E-state index in [0.717, 1.165) is 61.7 Å². The lowest BCUT2D eigenvalue weighted by Crippen LogP contribution is -2.07. The summed E-state index contributed by atoms with van der Waals surface area (Å²) in [5.74, 6) is 1.61. The van der Waals surface area contributed by atoms with Crippen molar-refractivity contribution in [3.63, 3.8) is 0 Å². The van der Waals surface area contributed by atoms with Crippen LogP contribution in [0.4, 0.5) is 0 Å². The van der Waals surface area contributed by atoms with Crippen molar-refractivity contribution in [1.29, 1.82) is 0 Å². The number of aldehydes is 2. The van der Waals surface area contributed by atoms with Crippen LogP contribution >= 0.6 is 11.3 Å². The van der Waals surface area contributed by atoms with Crippen LogP contribution in [0.3, 0.4) is 0 Å². The van der Waals surface area contributed by atoms with Crippen LogP contribution < -0.4 is 5.32 Å². The van der Waals surface area contributed by atoms with Crippen LogP contribution in [0.2, 0.25) is 0 Å². The number of allylic oxidation sites excluding steroid dienone is 6. The molecule has 216 valence electrons. The van der Waals surface area contributed by atoms with Crippen LogP contribution in [-0.2, 0) is 4.79 Å². The average Bonchev–Trinajstić information content (AvgIpc) is 3.72. The number of carbonyl (C=O) groups is 3. The number of hydrogen-bond acceptors (Lipinski definition) is 6. The van der Waals surface area contributed by atoms with Gasteiger partial charge in [0.25, 0.3) is 0 Å². The maximum Gasteiger partial charge on any atom is 0.185 e. The van der Waals surface area contributed by atoms with Gasteiger partial charge in [0.05, 0.1) is 0 Å². The van der Waals surface area contributed by atoms with Gasteiger partial charge in [0.2, 0.25) is 0 Å². The third-order valence-corrected chi connectivity index (χ3v) is 8.27. The van der Waals surface area contributed by atoms with Crippen molar-refractivity contribution < 1.29 is 18.8 Å². The predicted molar refractivity (Wildman–Crippen MR) is 171 cm³/mol. The average molecular weight is 572 g/mol. The maximum atomic E-state index is 11.1. The summed E-state index contributed by atoms with van der Waals surface area (Å²) >= 11 is 1.78. The number of Topliss-reactive ketones (excluding diaryl/α,β-unsaturated/α-hetero) is 1. The lowest BCUT2D eigenvalue weighted by molar-refractivity contribution is -0.119. The number of nitrogens with one attached hydrogen (secondary N) is 1. The molecule has 6 heteroatoms. The van der Waals surface area contributed by atoms with Crippen LogP contribution in [0.15, 0.2) is 65.1 Å². The summed E-state index contributed by atoms with van der Waals surface area (Å²) < 4.78 is 5.56. The molecule has 1 N–H and O–H groups in total. The number of carbonyl (C=O) groups excluding carboxylic acids is 3. The fraction of sp³-hybridized carbons (Fsp3) is 0.343. The van der Waals surface area contributed by atoms with Crippen LogP contribution in [0.25, 0.3) is 21.6 Å². The molecule has 3 aromatic rings. The highest BCUT2D eigenvalue weighted by Gasteiger charge is 2.23. The Morgan fingerprint density at radius 2 is 1.73 bits per heavy atom. The molecular formula is C35H41NO4S. The van der Waals surface area contributed by atoms with Crippen molar-refractivity contribution in [2.75, 3.05) is 13.6 Å². The zero-order valence-corrected chi connectivity index (χ0v) is 25.6. The molecule has 41 heavy (non-hydrogen) atoms. The molecular weight excluding hydrogens is 530 g/mol. The monoisotopic (exact) mass is 571 g/mol. The molecule has 1 aromatic carbocycles. The van der Waals surface area contributed by atoms with Crippen LogP contribution in [0, 0.1) is 19.8 Å². The zero-order valence-electron chi connectivity index (χ0n) is 24.8. The number of rotatable bonds is 8. The number of benzene rings is 1. The standard InChI is InChI=1S/C23H20O3S.C8H10O.C4H11N/c1-14-21(10-18(13-25)26-14)19-4-3-5-20(19)22-11-23(27-15(22)2)17-8-6-16(12-24)7-9-17;1-7(9)8-5-3-2-4-6-8;1-3-4-5-2/h6-13H,3-5H2,1-2H3;2-5,8H,6H2,1H3;5H,3-4H2,1-2H3. The second kappa shape index (κ2) is 16.0. The second-order valence-electron chi connectivity index (χ2n) is 10.2. The highest BCUT2D eigenvalue weighted by molar-refractivity contribution is 7.15. The number of thiophene rings is 1. The van der Waals surface area contributed by atoms with Gasteiger partial charge in [-0.15, -0.1) is 11.3 Å². The molecule has 0 saturated heterocycles. The summed E-state index contributed by atoms with van der Waals surface area (Å²) in [4.78, 5) is 35.1. The molecule has 0 aliphatic heterocycles. The van der Waals surface area contributed by atoms with Gasteiger partial charge >= 0.3 is 0 Å². The minimum absolute atomic E-state index is 0.148. The molecule has 5 rings (SSSR count). The van der Waals surface area contributed by atoms with E-state index in [1.54, 1.807) is 18.3 Å². The highest BCUT2D eigenvalue weighted by Crippen LogP contribution is 2.45. The molecule has 2 heterocycles. The zero-order chi connectivity index (χ0) is 29.8. The highest BCUT2D eigenvalue weighted by atomic mass is 32.1. The van der Waals surface area contributed by atoms with E-state index in [4.69, 9.17) is 4.42 Å². The van der Waals surface area contributed by atoms with Crippen molar-refractivity contribution in [1.82, 2.24) is 5.32 Å². The first-order valence-electron chi connectivity index (χ1n) is 14.3. The van der Waals surface area contributed by atoms with Crippen LogP contribution in [0.5, 0.6) is 0 Å². The van der Waals surface area contributed by atoms with Crippen LogP contribution in [-0.4, -0.2) is 31.9 Å². The first-order valence-corrected chi connectivity index (χ1v) is 15.1. The van der Waals surface area contributed by atoms with Crippen LogP contribution in [0.1, 0.15) is 88.6 Å². The van der Waals surface area contributed by atoms with Crippen molar-refractivity contribution >= 4 is 40.8 Å². The summed E-state index contributed by atoms with van der Waals surface area (Å²) in [5, 5.41) is 3.02. The van der Waals surface area contributed by atoms with Gasteiger partial charge in [-0.1, -0.05) is 55.5 Å². The van der Waals surface area contributed by atoms with Gasteiger partial charge in [0.15, 0.2) is 12.0 Å². The van der Waals surface area contributed by atoms with E-state index in [0.29, 0.717) is 11.3 Å². The summed E-state index contributed by atoms with van der Waals surface area (Å²) in [5.41, 5.74) is 6.83. The molecule has 0 bridgehead atoms. The van der Waals surface area contributed by atoms with Crippen molar-refractivity contribution in [3.8, 4) is 10.4 Å². The van der Waals surface area contributed by atoms with E-state index in [-0.39, 0.29) is 11.7 Å². The summed E-state index contributed by atoms with van der Waals surface area (Å²) in [6, 6.07) is 11.8. The first kappa shape index (κ1) is 31.9. The molecule has 2 aliphatic carbocycles. The fourth-order valence-corrected chi connectivity index (χ4v) is 6.04. The van der Waals surface area contributed by atoms with Gasteiger partial charge in [-0.05, 0) is 101 Å². The molecule has 1 atom stereocenters. The Hall–Kier alpha value is -3.61. The Bertz CT molecular complexity index is 1420. The van der Waals surface area contributed by atoms with Gasteiger partial charge in [-0.3, -0.25) is 14.4 Å². The Kier molecular flexibility index (Phi) is 12.4. The van der Waals surface area contributed by atoms with Gasteiger partial charge in [-0.25, -0.2) is 0 Å². The molecule has 5 nitrogen and oxygen atoms in total. The molecule has 2 aliphatic rings. The first-order chi connectivity index (χ1) is 19.8. The quantitative estimate of drug-likeness (QED) is 0.274. The predicted octanol–water partition coefficient (Wildman–Crippen LogP) is 8.67. The summed E-state index contributed by atoms with van der Waals surface area (Å²) in [6.45, 7) is 9.00.